The molecule has 0 aromatic heterocycles. The SMILES string of the molecule is CN1CCN(CCCCC(C)(N)C#N)CC1. The molecule has 1 saturated heterocycles. The van der Waals surface area contributed by atoms with Crippen LogP contribution in [0.2, 0.25) is 0 Å². The number of nitrogens with zero attached hydrogens (tertiary/aromatic N) is 3. The molecule has 1 fully saturated rings. The van der Waals surface area contributed by atoms with Crippen molar-refractivity contribution in [2.24, 2.45) is 5.73 Å². The van der Waals surface area contributed by atoms with Gasteiger partial charge < -0.3 is 15.5 Å². The van der Waals surface area contributed by atoms with Crippen molar-refractivity contribution >= 4 is 0 Å². The number of nitriles is 1. The van der Waals surface area contributed by atoms with Crippen LogP contribution in [0.3, 0.4) is 0 Å². The molecule has 92 valence electrons. The van der Waals surface area contributed by atoms with Gasteiger partial charge in [0.15, 0.2) is 0 Å². The van der Waals surface area contributed by atoms with Gasteiger partial charge in [-0.05, 0) is 39.8 Å². The van der Waals surface area contributed by atoms with Gasteiger partial charge in [0.05, 0.1) is 6.07 Å². The monoisotopic (exact) mass is 224 g/mol. The van der Waals surface area contributed by atoms with Gasteiger partial charge in [-0.25, -0.2) is 0 Å². The number of unbranched alkanes of at least 4 members (excludes halogenated alkanes) is 1. The lowest BCUT2D eigenvalue weighted by atomic mass is 9.98. The maximum atomic E-state index is 8.78. The van der Waals surface area contributed by atoms with Crippen LogP contribution in [0.25, 0.3) is 0 Å². The highest BCUT2D eigenvalue weighted by Crippen LogP contribution is 2.10. The Morgan fingerprint density at radius 3 is 2.44 bits per heavy atom. The largest absolute Gasteiger partial charge is 0.314 e. The second kappa shape index (κ2) is 6.19. The zero-order chi connectivity index (χ0) is 12.0. The average molecular weight is 224 g/mol. The fourth-order valence-corrected chi connectivity index (χ4v) is 1.96. The van der Waals surface area contributed by atoms with E-state index in [1.807, 2.05) is 6.92 Å². The first-order valence-corrected chi connectivity index (χ1v) is 6.14. The van der Waals surface area contributed by atoms with E-state index in [0.29, 0.717) is 0 Å². The molecule has 0 bridgehead atoms. The Balaban J connectivity index is 2.06. The van der Waals surface area contributed by atoms with Gasteiger partial charge in [0, 0.05) is 26.2 Å². The molecule has 4 nitrogen and oxygen atoms in total. The van der Waals surface area contributed by atoms with Crippen LogP contribution in [0.5, 0.6) is 0 Å². The molecule has 0 amide bonds. The number of likely N-dealkylation sites (N-methyl/N-ethyl adjacent to an activating group) is 1. The summed E-state index contributed by atoms with van der Waals surface area (Å²) < 4.78 is 0. The van der Waals surface area contributed by atoms with Crippen molar-refractivity contribution in [2.45, 2.75) is 31.7 Å². The standard InChI is InChI=1S/C12H24N4/c1-12(14,11-13)5-3-4-6-16-9-7-15(2)8-10-16/h3-10,14H2,1-2H3. The van der Waals surface area contributed by atoms with Gasteiger partial charge in [-0.2, -0.15) is 5.26 Å². The Morgan fingerprint density at radius 1 is 1.25 bits per heavy atom. The van der Waals surface area contributed by atoms with Crippen LogP contribution in [0.1, 0.15) is 26.2 Å². The van der Waals surface area contributed by atoms with Gasteiger partial charge in [-0.3, -0.25) is 0 Å². The Hall–Kier alpha value is -0.630. The van der Waals surface area contributed by atoms with Gasteiger partial charge in [-0.15, -0.1) is 0 Å². The predicted molar refractivity (Wildman–Crippen MR) is 66.0 cm³/mol. The van der Waals surface area contributed by atoms with Gasteiger partial charge in [0.1, 0.15) is 5.54 Å². The van der Waals surface area contributed by atoms with E-state index in [1.165, 1.54) is 26.2 Å². The number of nitrogens with two attached hydrogens (primary N) is 1. The molecule has 0 radical (unpaired) electrons. The summed E-state index contributed by atoms with van der Waals surface area (Å²) >= 11 is 0. The van der Waals surface area contributed by atoms with Gasteiger partial charge in [0.25, 0.3) is 0 Å². The Bertz CT molecular complexity index is 236. The van der Waals surface area contributed by atoms with Gasteiger partial charge in [0.2, 0.25) is 0 Å². The zero-order valence-electron chi connectivity index (χ0n) is 10.6. The minimum absolute atomic E-state index is 0.637. The molecule has 1 aliphatic heterocycles. The average Bonchev–Trinajstić information content (AvgIpc) is 2.27. The smallest absolute Gasteiger partial charge is 0.101 e. The summed E-state index contributed by atoms with van der Waals surface area (Å²) in [5.74, 6) is 0. The lowest BCUT2D eigenvalue weighted by Gasteiger charge is -2.32. The van der Waals surface area contributed by atoms with E-state index in [1.54, 1.807) is 0 Å². The van der Waals surface area contributed by atoms with E-state index in [4.69, 9.17) is 11.0 Å². The summed E-state index contributed by atoms with van der Waals surface area (Å²) in [5.41, 5.74) is 5.14. The quantitative estimate of drug-likeness (QED) is 0.697. The molecule has 4 heteroatoms. The van der Waals surface area contributed by atoms with E-state index < -0.39 is 5.54 Å². The van der Waals surface area contributed by atoms with Crippen molar-refractivity contribution in [3.05, 3.63) is 0 Å². The molecule has 2 N–H and O–H groups in total. The summed E-state index contributed by atoms with van der Waals surface area (Å²) in [5, 5.41) is 8.78. The van der Waals surface area contributed by atoms with Crippen LogP contribution < -0.4 is 5.73 Å². The van der Waals surface area contributed by atoms with Crippen molar-refractivity contribution in [1.82, 2.24) is 9.80 Å². The van der Waals surface area contributed by atoms with Crippen LogP contribution in [0.15, 0.2) is 0 Å². The third-order valence-electron chi connectivity index (χ3n) is 3.27. The third-order valence-corrected chi connectivity index (χ3v) is 3.27. The maximum absolute atomic E-state index is 8.78. The van der Waals surface area contributed by atoms with Crippen LogP contribution in [0.4, 0.5) is 0 Å². The molecule has 0 saturated carbocycles. The molecule has 1 rings (SSSR count). The Morgan fingerprint density at radius 2 is 1.88 bits per heavy atom. The van der Waals surface area contributed by atoms with Crippen LogP contribution >= 0.6 is 0 Å². The summed E-state index contributed by atoms with van der Waals surface area (Å²) in [6.45, 7) is 7.65. The van der Waals surface area contributed by atoms with Gasteiger partial charge in [-0.1, -0.05) is 0 Å². The van der Waals surface area contributed by atoms with E-state index in [2.05, 4.69) is 22.9 Å². The number of piperazine rings is 1. The van der Waals surface area contributed by atoms with E-state index in [9.17, 15) is 0 Å². The van der Waals surface area contributed by atoms with Crippen LogP contribution in [-0.4, -0.2) is 55.1 Å². The van der Waals surface area contributed by atoms with Crippen molar-refractivity contribution in [1.29, 1.82) is 5.26 Å². The fraction of sp³-hybridized carbons (Fsp3) is 0.917. The van der Waals surface area contributed by atoms with Crippen LogP contribution in [-0.2, 0) is 0 Å². The minimum atomic E-state index is -0.637. The summed E-state index contributed by atoms with van der Waals surface area (Å²) in [6.07, 6.45) is 3.00. The molecule has 0 aliphatic carbocycles. The summed E-state index contributed by atoms with van der Waals surface area (Å²) in [4.78, 5) is 4.86. The molecule has 0 aromatic rings. The second-order valence-corrected chi connectivity index (χ2v) is 5.13. The first-order valence-electron chi connectivity index (χ1n) is 6.14. The highest BCUT2D eigenvalue weighted by molar-refractivity contribution is 5.00. The summed E-state index contributed by atoms with van der Waals surface area (Å²) in [7, 11) is 2.17. The van der Waals surface area contributed by atoms with Crippen LogP contribution in [0, 0.1) is 11.3 Å². The first kappa shape index (κ1) is 13.4. The molecule has 1 heterocycles. The lowest BCUT2D eigenvalue weighted by molar-refractivity contribution is 0.151. The number of hydrogen-bond donors (Lipinski definition) is 1. The maximum Gasteiger partial charge on any atom is 0.101 e. The predicted octanol–water partition coefficient (Wildman–Crippen LogP) is 0.645. The fourth-order valence-electron chi connectivity index (χ4n) is 1.96. The van der Waals surface area contributed by atoms with E-state index in [0.717, 1.165) is 25.8 Å². The van der Waals surface area contributed by atoms with Crippen molar-refractivity contribution in [3.8, 4) is 6.07 Å². The molecule has 1 atom stereocenters. The Labute approximate surface area is 99.0 Å². The van der Waals surface area contributed by atoms with Gasteiger partial charge >= 0.3 is 0 Å². The first-order chi connectivity index (χ1) is 7.53. The molecule has 1 unspecified atom stereocenters. The topological polar surface area (TPSA) is 56.3 Å². The molecular weight excluding hydrogens is 200 g/mol. The lowest BCUT2D eigenvalue weighted by Crippen LogP contribution is -2.44. The third kappa shape index (κ3) is 4.93. The summed E-state index contributed by atoms with van der Waals surface area (Å²) in [6, 6.07) is 2.14. The second-order valence-electron chi connectivity index (χ2n) is 5.13. The van der Waals surface area contributed by atoms with Crippen molar-refractivity contribution in [3.63, 3.8) is 0 Å². The molecule has 0 spiro atoms. The minimum Gasteiger partial charge on any atom is -0.314 e. The highest BCUT2D eigenvalue weighted by atomic mass is 15.2. The molecule has 1 aliphatic rings. The number of hydrogen-bond acceptors (Lipinski definition) is 4. The normalized spacial score (nSPS) is 22.6. The molecule has 16 heavy (non-hydrogen) atoms. The van der Waals surface area contributed by atoms with E-state index in [-0.39, 0.29) is 0 Å². The highest BCUT2D eigenvalue weighted by Gasteiger charge is 2.17. The van der Waals surface area contributed by atoms with E-state index >= 15 is 0 Å². The van der Waals surface area contributed by atoms with Crippen molar-refractivity contribution in [2.75, 3.05) is 39.8 Å². The van der Waals surface area contributed by atoms with Crippen molar-refractivity contribution < 1.29 is 0 Å². The zero-order valence-corrected chi connectivity index (χ0v) is 10.6. The molecular formula is C12H24N4. The number of rotatable bonds is 5. The molecule has 0 aromatic carbocycles. The Kier molecular flexibility index (Phi) is 5.20.